The third kappa shape index (κ3) is 4.62. The number of anilines is 2. The Balaban J connectivity index is 1.96. The zero-order valence-corrected chi connectivity index (χ0v) is 17.5. The van der Waals surface area contributed by atoms with Crippen LogP contribution >= 0.6 is 0 Å². The maximum atomic E-state index is 14.3. The first-order valence-electron chi connectivity index (χ1n) is 9.22. The highest BCUT2D eigenvalue weighted by Gasteiger charge is 2.21. The molecule has 2 aromatic heterocycles. The Labute approximate surface area is 174 Å². The van der Waals surface area contributed by atoms with Crippen molar-refractivity contribution < 1.29 is 17.6 Å². The van der Waals surface area contributed by atoms with Crippen molar-refractivity contribution in [3.63, 3.8) is 0 Å². The predicted octanol–water partition coefficient (Wildman–Crippen LogP) is 4.05. The highest BCUT2D eigenvalue weighted by molar-refractivity contribution is 7.92. The topological polar surface area (TPSA) is 101 Å². The second kappa shape index (κ2) is 8.58. The van der Waals surface area contributed by atoms with E-state index in [1.54, 1.807) is 38.2 Å². The summed E-state index contributed by atoms with van der Waals surface area (Å²) < 4.78 is 42.3. The molecule has 1 aromatic carbocycles. The molecule has 2 N–H and O–H groups in total. The fourth-order valence-electron chi connectivity index (χ4n) is 2.73. The Morgan fingerprint density at radius 3 is 2.60 bits per heavy atom. The van der Waals surface area contributed by atoms with Crippen LogP contribution in [0, 0.1) is 19.7 Å². The molecule has 3 aromatic rings. The minimum atomic E-state index is -4.15. The molecule has 0 aliphatic heterocycles. The van der Waals surface area contributed by atoms with E-state index in [9.17, 15) is 17.6 Å². The van der Waals surface area contributed by atoms with E-state index in [1.807, 2.05) is 0 Å². The van der Waals surface area contributed by atoms with Crippen LogP contribution in [0.4, 0.5) is 15.9 Å². The van der Waals surface area contributed by atoms with Crippen molar-refractivity contribution in [2.45, 2.75) is 32.1 Å². The van der Waals surface area contributed by atoms with Gasteiger partial charge in [0.1, 0.15) is 16.5 Å². The van der Waals surface area contributed by atoms with E-state index in [2.05, 4.69) is 20.0 Å². The lowest BCUT2D eigenvalue weighted by atomic mass is 10.1. The van der Waals surface area contributed by atoms with E-state index in [0.717, 1.165) is 0 Å². The van der Waals surface area contributed by atoms with Crippen LogP contribution in [0.25, 0.3) is 11.1 Å². The zero-order valence-electron chi connectivity index (χ0n) is 16.7. The number of hydrogen-bond donors (Lipinski definition) is 2. The molecule has 30 heavy (non-hydrogen) atoms. The summed E-state index contributed by atoms with van der Waals surface area (Å²) in [5.74, 6) is -0.587. The smallest absolute Gasteiger partial charge is 0.264 e. The summed E-state index contributed by atoms with van der Waals surface area (Å²) in [6.07, 6.45) is 3.44. The molecule has 0 spiro atoms. The summed E-state index contributed by atoms with van der Waals surface area (Å²) in [4.78, 5) is 19.5. The van der Waals surface area contributed by atoms with Crippen molar-refractivity contribution in [1.29, 1.82) is 0 Å². The maximum Gasteiger partial charge on any atom is 0.264 e. The van der Waals surface area contributed by atoms with Crippen LogP contribution in [0.3, 0.4) is 0 Å². The number of halogens is 1. The molecule has 3 rings (SSSR count). The van der Waals surface area contributed by atoms with Crippen molar-refractivity contribution in [2.24, 2.45) is 0 Å². The van der Waals surface area contributed by atoms with Gasteiger partial charge in [0.2, 0.25) is 5.91 Å². The van der Waals surface area contributed by atoms with Crippen molar-refractivity contribution >= 4 is 27.4 Å². The normalized spacial score (nSPS) is 11.2. The standard InChI is InChI=1S/C21H21FN4O3S/c1-4-20(27)25-19-11-15(8-9-23-19)16-10-17(14(3)24-12-16)26-30(28,29)18-7-5-6-13(2)21(18)22/h5-12,26H,4H2,1-3H3,(H,23,25,27). The molecule has 0 aliphatic carbocycles. The third-order valence-corrected chi connectivity index (χ3v) is 5.84. The van der Waals surface area contributed by atoms with E-state index < -0.39 is 20.7 Å². The quantitative estimate of drug-likeness (QED) is 0.617. The maximum absolute atomic E-state index is 14.3. The highest BCUT2D eigenvalue weighted by atomic mass is 32.2. The summed E-state index contributed by atoms with van der Waals surface area (Å²) in [6.45, 7) is 4.88. The summed E-state index contributed by atoms with van der Waals surface area (Å²) in [7, 11) is -4.15. The molecule has 9 heteroatoms. The summed E-state index contributed by atoms with van der Waals surface area (Å²) >= 11 is 0. The van der Waals surface area contributed by atoms with Gasteiger partial charge in [-0.1, -0.05) is 19.1 Å². The molecule has 1 amide bonds. The molecule has 0 bridgehead atoms. The Bertz CT molecular complexity index is 1210. The van der Waals surface area contributed by atoms with E-state index >= 15 is 0 Å². The van der Waals surface area contributed by atoms with E-state index in [0.29, 0.717) is 29.1 Å². The van der Waals surface area contributed by atoms with Crippen LogP contribution in [-0.2, 0) is 14.8 Å². The Kier molecular flexibility index (Phi) is 6.12. The number of pyridine rings is 2. The number of benzene rings is 1. The van der Waals surface area contributed by atoms with Gasteiger partial charge in [0.05, 0.1) is 11.4 Å². The van der Waals surface area contributed by atoms with Crippen LogP contribution in [0.5, 0.6) is 0 Å². The molecule has 0 fully saturated rings. The molecule has 156 valence electrons. The summed E-state index contributed by atoms with van der Waals surface area (Å²) in [5, 5.41) is 2.68. The monoisotopic (exact) mass is 428 g/mol. The van der Waals surface area contributed by atoms with Crippen LogP contribution in [0.15, 0.2) is 53.7 Å². The molecule has 7 nitrogen and oxygen atoms in total. The first kappa shape index (κ1) is 21.4. The first-order chi connectivity index (χ1) is 14.2. The lowest BCUT2D eigenvalue weighted by molar-refractivity contribution is -0.115. The lowest BCUT2D eigenvalue weighted by Crippen LogP contribution is -2.16. The van der Waals surface area contributed by atoms with Crippen LogP contribution < -0.4 is 10.0 Å². The molecule has 0 aliphatic rings. The number of carbonyl (C=O) groups is 1. The van der Waals surface area contributed by atoms with Gasteiger partial charge in [-0.2, -0.15) is 0 Å². The highest BCUT2D eigenvalue weighted by Crippen LogP contribution is 2.27. The SMILES string of the molecule is CCC(=O)Nc1cc(-c2cnc(C)c(NS(=O)(=O)c3cccc(C)c3F)c2)ccn1. The second-order valence-electron chi connectivity index (χ2n) is 6.68. The fourth-order valence-corrected chi connectivity index (χ4v) is 3.99. The van der Waals surface area contributed by atoms with Gasteiger partial charge in [0, 0.05) is 24.4 Å². The zero-order chi connectivity index (χ0) is 21.9. The number of hydrogen-bond acceptors (Lipinski definition) is 5. The molecular weight excluding hydrogens is 407 g/mol. The number of nitrogens with zero attached hydrogens (tertiary/aromatic N) is 2. The van der Waals surface area contributed by atoms with Gasteiger partial charge in [-0.05, 0) is 49.2 Å². The van der Waals surface area contributed by atoms with Gasteiger partial charge in [-0.15, -0.1) is 0 Å². The van der Waals surface area contributed by atoms with Gasteiger partial charge in [0.25, 0.3) is 10.0 Å². The van der Waals surface area contributed by atoms with Gasteiger partial charge < -0.3 is 5.32 Å². The van der Waals surface area contributed by atoms with Crippen molar-refractivity contribution in [3.8, 4) is 11.1 Å². The molecule has 0 radical (unpaired) electrons. The van der Waals surface area contributed by atoms with Crippen molar-refractivity contribution in [1.82, 2.24) is 9.97 Å². The molecule has 2 heterocycles. The lowest BCUT2D eigenvalue weighted by Gasteiger charge is -2.13. The van der Waals surface area contributed by atoms with Gasteiger partial charge in [-0.25, -0.2) is 17.8 Å². The fraction of sp³-hybridized carbons (Fsp3) is 0.190. The molecule has 0 saturated heterocycles. The average Bonchev–Trinajstić information content (AvgIpc) is 2.71. The Hall–Kier alpha value is -3.33. The third-order valence-electron chi connectivity index (χ3n) is 4.46. The number of aromatic nitrogens is 2. The minimum Gasteiger partial charge on any atom is -0.311 e. The molecule has 0 atom stereocenters. The Morgan fingerprint density at radius 2 is 1.87 bits per heavy atom. The number of nitrogens with one attached hydrogen (secondary N) is 2. The second-order valence-corrected chi connectivity index (χ2v) is 8.33. The number of amides is 1. The van der Waals surface area contributed by atoms with Crippen LogP contribution in [0.2, 0.25) is 0 Å². The largest absolute Gasteiger partial charge is 0.311 e. The molecular formula is C21H21FN4O3S. The predicted molar refractivity (Wildman–Crippen MR) is 113 cm³/mol. The van der Waals surface area contributed by atoms with Crippen molar-refractivity contribution in [2.75, 3.05) is 10.0 Å². The number of carbonyl (C=O) groups excluding carboxylic acids is 1. The van der Waals surface area contributed by atoms with Gasteiger partial charge in [0.15, 0.2) is 0 Å². The van der Waals surface area contributed by atoms with Gasteiger partial charge >= 0.3 is 0 Å². The number of sulfonamides is 1. The Morgan fingerprint density at radius 1 is 1.10 bits per heavy atom. The number of rotatable bonds is 6. The molecule has 0 saturated carbocycles. The van der Waals surface area contributed by atoms with Crippen LogP contribution in [-0.4, -0.2) is 24.3 Å². The summed E-state index contributed by atoms with van der Waals surface area (Å²) in [6, 6.07) is 9.18. The average molecular weight is 428 g/mol. The molecule has 0 unspecified atom stereocenters. The van der Waals surface area contributed by atoms with Crippen molar-refractivity contribution in [3.05, 3.63) is 65.9 Å². The number of aryl methyl sites for hydroxylation is 2. The first-order valence-corrected chi connectivity index (χ1v) is 10.7. The van der Waals surface area contributed by atoms with E-state index in [4.69, 9.17) is 0 Å². The van der Waals surface area contributed by atoms with Gasteiger partial charge in [-0.3, -0.25) is 14.5 Å². The van der Waals surface area contributed by atoms with E-state index in [1.165, 1.54) is 31.3 Å². The minimum absolute atomic E-state index is 0.171. The van der Waals surface area contributed by atoms with E-state index in [-0.39, 0.29) is 17.2 Å². The van der Waals surface area contributed by atoms with Crippen LogP contribution in [0.1, 0.15) is 24.6 Å². The summed E-state index contributed by atoms with van der Waals surface area (Å²) in [5.41, 5.74) is 2.19.